The van der Waals surface area contributed by atoms with E-state index in [1.165, 1.54) is 12.3 Å². The molecule has 0 aromatic carbocycles. The third-order valence-corrected chi connectivity index (χ3v) is 5.70. The summed E-state index contributed by atoms with van der Waals surface area (Å²) in [6, 6.07) is 1.50. The van der Waals surface area contributed by atoms with Crippen molar-refractivity contribution in [2.75, 3.05) is 13.1 Å². The molecule has 1 aliphatic rings. The Hall–Kier alpha value is -0.880. The van der Waals surface area contributed by atoms with E-state index in [0.717, 1.165) is 19.3 Å². The standard InChI is InChI=1S/C11H19N3O2S/c1-3-11(2)5-8-14(9-6-11)17(15,16)10-4-7-12-13-10/h4,7H,3,5-6,8-9H2,1-2H3,(H,12,13). The first-order valence-corrected chi connectivity index (χ1v) is 7.41. The lowest BCUT2D eigenvalue weighted by Crippen LogP contribution is -2.41. The van der Waals surface area contributed by atoms with Crippen molar-refractivity contribution in [2.24, 2.45) is 5.41 Å². The molecular weight excluding hydrogens is 238 g/mol. The van der Waals surface area contributed by atoms with Crippen LogP contribution in [0, 0.1) is 5.41 Å². The number of nitrogens with one attached hydrogen (secondary N) is 1. The van der Waals surface area contributed by atoms with Gasteiger partial charge in [0, 0.05) is 13.1 Å². The maximum atomic E-state index is 12.2. The number of sulfonamides is 1. The maximum absolute atomic E-state index is 12.2. The van der Waals surface area contributed by atoms with Crippen LogP contribution in [-0.2, 0) is 10.0 Å². The quantitative estimate of drug-likeness (QED) is 0.894. The van der Waals surface area contributed by atoms with Crippen LogP contribution in [0.4, 0.5) is 0 Å². The first kappa shape index (κ1) is 12.6. The fourth-order valence-electron chi connectivity index (χ4n) is 2.15. The Balaban J connectivity index is 2.12. The van der Waals surface area contributed by atoms with Gasteiger partial charge in [0.05, 0.1) is 6.20 Å². The Kier molecular flexibility index (Phi) is 3.27. The SMILES string of the molecule is CCC1(C)CCN(S(=O)(=O)c2ccn[nH]2)CC1. The summed E-state index contributed by atoms with van der Waals surface area (Å²) in [5.41, 5.74) is 0.292. The monoisotopic (exact) mass is 257 g/mol. The van der Waals surface area contributed by atoms with E-state index in [1.807, 2.05) is 0 Å². The van der Waals surface area contributed by atoms with Gasteiger partial charge in [-0.25, -0.2) is 8.42 Å². The average molecular weight is 257 g/mol. The van der Waals surface area contributed by atoms with Gasteiger partial charge in [-0.2, -0.15) is 9.40 Å². The van der Waals surface area contributed by atoms with E-state index < -0.39 is 10.0 Å². The van der Waals surface area contributed by atoms with Gasteiger partial charge in [0.1, 0.15) is 0 Å². The first-order valence-electron chi connectivity index (χ1n) is 5.97. The van der Waals surface area contributed by atoms with Crippen LogP contribution in [0.1, 0.15) is 33.1 Å². The van der Waals surface area contributed by atoms with Crippen LogP contribution in [0.2, 0.25) is 0 Å². The summed E-state index contributed by atoms with van der Waals surface area (Å²) in [6.07, 6.45) is 4.42. The topological polar surface area (TPSA) is 66.1 Å². The molecule has 5 nitrogen and oxygen atoms in total. The second kappa shape index (κ2) is 4.42. The number of aromatic nitrogens is 2. The van der Waals surface area contributed by atoms with Gasteiger partial charge in [-0.15, -0.1) is 0 Å². The zero-order valence-corrected chi connectivity index (χ0v) is 11.1. The molecule has 2 rings (SSSR count). The van der Waals surface area contributed by atoms with Crippen LogP contribution >= 0.6 is 0 Å². The molecule has 0 spiro atoms. The molecular formula is C11H19N3O2S. The predicted octanol–water partition coefficient (Wildman–Crippen LogP) is 1.61. The van der Waals surface area contributed by atoms with E-state index in [1.54, 1.807) is 4.31 Å². The zero-order valence-electron chi connectivity index (χ0n) is 10.3. The largest absolute Gasteiger partial charge is 0.266 e. The molecule has 2 heterocycles. The van der Waals surface area contributed by atoms with Gasteiger partial charge in [0.2, 0.25) is 0 Å². The van der Waals surface area contributed by atoms with Gasteiger partial charge >= 0.3 is 0 Å². The molecule has 1 N–H and O–H groups in total. The number of aromatic amines is 1. The minimum atomic E-state index is -3.36. The number of piperidine rings is 1. The van der Waals surface area contributed by atoms with Gasteiger partial charge in [-0.1, -0.05) is 20.3 Å². The van der Waals surface area contributed by atoms with Gasteiger partial charge in [-0.05, 0) is 24.3 Å². The molecule has 0 atom stereocenters. The fraction of sp³-hybridized carbons (Fsp3) is 0.727. The summed E-state index contributed by atoms with van der Waals surface area (Å²) in [6.45, 7) is 5.60. The minimum absolute atomic E-state index is 0.192. The van der Waals surface area contributed by atoms with E-state index in [4.69, 9.17) is 0 Å². The van der Waals surface area contributed by atoms with E-state index in [-0.39, 0.29) is 5.03 Å². The number of rotatable bonds is 3. The number of hydrogen-bond acceptors (Lipinski definition) is 3. The Morgan fingerprint density at radius 2 is 2.12 bits per heavy atom. The van der Waals surface area contributed by atoms with Gasteiger partial charge in [0.15, 0.2) is 5.03 Å². The van der Waals surface area contributed by atoms with E-state index >= 15 is 0 Å². The Morgan fingerprint density at radius 1 is 1.47 bits per heavy atom. The Labute approximate surface area is 102 Å². The lowest BCUT2D eigenvalue weighted by molar-refractivity contribution is 0.168. The van der Waals surface area contributed by atoms with Crippen LogP contribution in [0.3, 0.4) is 0 Å². The third kappa shape index (κ3) is 2.37. The molecule has 0 unspecified atom stereocenters. The number of nitrogens with zero attached hydrogens (tertiary/aromatic N) is 2. The highest BCUT2D eigenvalue weighted by Gasteiger charge is 2.34. The van der Waals surface area contributed by atoms with E-state index in [9.17, 15) is 8.42 Å². The van der Waals surface area contributed by atoms with Crippen molar-refractivity contribution in [2.45, 2.75) is 38.1 Å². The summed E-state index contributed by atoms with van der Waals surface area (Å²) in [5, 5.41) is 6.42. The van der Waals surface area contributed by atoms with Crippen molar-refractivity contribution in [3.8, 4) is 0 Å². The molecule has 1 fully saturated rings. The summed E-state index contributed by atoms with van der Waals surface area (Å²) in [4.78, 5) is 0. The van der Waals surface area contributed by atoms with Crippen molar-refractivity contribution < 1.29 is 8.42 Å². The van der Waals surface area contributed by atoms with Gasteiger partial charge in [-0.3, -0.25) is 5.10 Å². The maximum Gasteiger partial charge on any atom is 0.259 e. The number of H-pyrrole nitrogens is 1. The van der Waals surface area contributed by atoms with Gasteiger partial charge in [0.25, 0.3) is 10.0 Å². The molecule has 0 amide bonds. The van der Waals surface area contributed by atoms with Gasteiger partial charge < -0.3 is 0 Å². The van der Waals surface area contributed by atoms with Crippen LogP contribution in [0.15, 0.2) is 17.3 Å². The van der Waals surface area contributed by atoms with Crippen LogP contribution in [0.5, 0.6) is 0 Å². The lowest BCUT2D eigenvalue weighted by atomic mass is 9.79. The second-order valence-electron chi connectivity index (χ2n) is 4.99. The summed E-state index contributed by atoms with van der Waals surface area (Å²) in [5.74, 6) is 0. The van der Waals surface area contributed by atoms with Crippen molar-refractivity contribution in [1.29, 1.82) is 0 Å². The third-order valence-electron chi connectivity index (χ3n) is 3.88. The molecule has 0 aliphatic carbocycles. The molecule has 0 radical (unpaired) electrons. The predicted molar refractivity (Wildman–Crippen MR) is 65.0 cm³/mol. The van der Waals surface area contributed by atoms with Crippen molar-refractivity contribution in [3.05, 3.63) is 12.3 Å². The van der Waals surface area contributed by atoms with Crippen molar-refractivity contribution >= 4 is 10.0 Å². The Morgan fingerprint density at radius 3 is 2.59 bits per heavy atom. The van der Waals surface area contributed by atoms with Crippen LogP contribution < -0.4 is 0 Å². The molecule has 0 bridgehead atoms. The number of hydrogen-bond donors (Lipinski definition) is 1. The second-order valence-corrected chi connectivity index (χ2v) is 6.90. The highest BCUT2D eigenvalue weighted by molar-refractivity contribution is 7.89. The minimum Gasteiger partial charge on any atom is -0.266 e. The lowest BCUT2D eigenvalue weighted by Gasteiger charge is -2.37. The molecule has 6 heteroatoms. The first-order chi connectivity index (χ1) is 7.98. The molecule has 1 saturated heterocycles. The van der Waals surface area contributed by atoms with Crippen molar-refractivity contribution in [3.63, 3.8) is 0 Å². The summed E-state index contributed by atoms with van der Waals surface area (Å²) >= 11 is 0. The Bertz CT molecular complexity index is 459. The molecule has 0 saturated carbocycles. The molecule has 17 heavy (non-hydrogen) atoms. The van der Waals surface area contributed by atoms with E-state index in [0.29, 0.717) is 18.5 Å². The summed E-state index contributed by atoms with van der Waals surface area (Å²) in [7, 11) is -3.36. The van der Waals surface area contributed by atoms with Crippen LogP contribution in [0.25, 0.3) is 0 Å². The summed E-state index contributed by atoms with van der Waals surface area (Å²) < 4.78 is 26.0. The zero-order chi connectivity index (χ0) is 12.5. The highest BCUT2D eigenvalue weighted by Crippen LogP contribution is 2.35. The molecule has 1 aromatic rings. The fourth-order valence-corrected chi connectivity index (χ4v) is 3.49. The average Bonchev–Trinajstić information content (AvgIpc) is 2.84. The highest BCUT2D eigenvalue weighted by atomic mass is 32.2. The van der Waals surface area contributed by atoms with Crippen molar-refractivity contribution in [1.82, 2.24) is 14.5 Å². The molecule has 96 valence electrons. The molecule has 1 aromatic heterocycles. The molecule has 1 aliphatic heterocycles. The normalized spacial score (nSPS) is 21.5. The van der Waals surface area contributed by atoms with E-state index in [2.05, 4.69) is 24.0 Å². The van der Waals surface area contributed by atoms with Crippen LogP contribution in [-0.4, -0.2) is 36.0 Å². The smallest absolute Gasteiger partial charge is 0.259 e.